The fourth-order valence-electron chi connectivity index (χ4n) is 2.61. The number of benzene rings is 1. The highest BCUT2D eigenvalue weighted by molar-refractivity contribution is 6.42. The number of rotatable bonds is 5. The molecule has 1 aromatic rings. The molecule has 0 unspecified atom stereocenters. The van der Waals surface area contributed by atoms with Crippen molar-refractivity contribution < 1.29 is 14.8 Å². The van der Waals surface area contributed by atoms with Crippen molar-refractivity contribution in [1.29, 1.82) is 0 Å². The van der Waals surface area contributed by atoms with Crippen LogP contribution in [0.5, 0.6) is 0 Å². The molecular weight excluding hydrogens is 319 g/mol. The fraction of sp³-hybridized carbons (Fsp3) is 0.462. The second-order valence-corrected chi connectivity index (χ2v) is 6.00. The van der Waals surface area contributed by atoms with E-state index in [-0.39, 0.29) is 28.0 Å². The number of halogens is 2. The Labute approximate surface area is 131 Å². The first-order valence-electron chi connectivity index (χ1n) is 6.46. The van der Waals surface area contributed by atoms with E-state index in [4.69, 9.17) is 23.2 Å². The third kappa shape index (κ3) is 3.22. The highest BCUT2D eigenvalue weighted by Gasteiger charge is 2.41. The van der Waals surface area contributed by atoms with E-state index in [0.29, 0.717) is 12.8 Å². The average molecular weight is 333 g/mol. The molecule has 1 fully saturated rings. The summed E-state index contributed by atoms with van der Waals surface area (Å²) < 4.78 is 0. The van der Waals surface area contributed by atoms with Crippen LogP contribution in [0, 0.1) is 15.5 Å². The van der Waals surface area contributed by atoms with Crippen molar-refractivity contribution in [2.24, 2.45) is 5.41 Å². The monoisotopic (exact) mass is 332 g/mol. The summed E-state index contributed by atoms with van der Waals surface area (Å²) in [6, 6.07) is 2.51. The molecule has 2 N–H and O–H groups in total. The first-order chi connectivity index (χ1) is 9.85. The molecule has 6 nitrogen and oxygen atoms in total. The maximum Gasteiger partial charge on any atom is 0.311 e. The summed E-state index contributed by atoms with van der Waals surface area (Å²) in [5.41, 5.74) is -0.912. The van der Waals surface area contributed by atoms with E-state index in [1.807, 2.05) is 0 Å². The third-order valence-electron chi connectivity index (χ3n) is 3.87. The van der Waals surface area contributed by atoms with Crippen LogP contribution in [0.15, 0.2) is 12.1 Å². The Morgan fingerprint density at radius 1 is 1.33 bits per heavy atom. The van der Waals surface area contributed by atoms with E-state index in [1.54, 1.807) is 0 Å². The highest BCUT2D eigenvalue weighted by Crippen LogP contribution is 2.40. The largest absolute Gasteiger partial charge is 0.481 e. The Balaban J connectivity index is 2.25. The van der Waals surface area contributed by atoms with Crippen LogP contribution >= 0.6 is 23.2 Å². The number of carbonyl (C=O) groups is 1. The zero-order valence-corrected chi connectivity index (χ0v) is 12.6. The van der Waals surface area contributed by atoms with Gasteiger partial charge in [0.1, 0.15) is 5.69 Å². The minimum Gasteiger partial charge on any atom is -0.481 e. The van der Waals surface area contributed by atoms with Crippen LogP contribution in [0.4, 0.5) is 11.4 Å². The van der Waals surface area contributed by atoms with Crippen molar-refractivity contribution in [2.45, 2.75) is 25.7 Å². The number of nitrogens with zero attached hydrogens (tertiary/aromatic N) is 1. The predicted octanol–water partition coefficient (Wildman–Crippen LogP) is 3.96. The van der Waals surface area contributed by atoms with Gasteiger partial charge in [0.2, 0.25) is 0 Å². The molecule has 1 saturated carbocycles. The lowest BCUT2D eigenvalue weighted by molar-refractivity contribution is -0.383. The van der Waals surface area contributed by atoms with E-state index in [2.05, 4.69) is 5.32 Å². The van der Waals surface area contributed by atoms with Crippen LogP contribution in [0.25, 0.3) is 0 Å². The van der Waals surface area contributed by atoms with Gasteiger partial charge in [0, 0.05) is 12.6 Å². The number of nitrogens with one attached hydrogen (secondary N) is 1. The predicted molar refractivity (Wildman–Crippen MR) is 80.1 cm³/mol. The molecule has 0 atom stereocenters. The van der Waals surface area contributed by atoms with Crippen molar-refractivity contribution >= 4 is 40.5 Å². The van der Waals surface area contributed by atoms with E-state index in [9.17, 15) is 20.0 Å². The lowest BCUT2D eigenvalue weighted by atomic mass is 9.86. The molecule has 0 heterocycles. The van der Waals surface area contributed by atoms with Gasteiger partial charge < -0.3 is 10.4 Å². The van der Waals surface area contributed by atoms with E-state index >= 15 is 0 Å². The summed E-state index contributed by atoms with van der Waals surface area (Å²) in [5, 5.41) is 23.6. The van der Waals surface area contributed by atoms with Gasteiger partial charge in [-0.25, -0.2) is 0 Å². The standard InChI is InChI=1S/C13H14Cl2N2O4/c14-8-5-10(11(17(20)21)6-9(8)15)16-7-13(12(18)19)3-1-2-4-13/h5-6,16H,1-4,7H2,(H,18,19). The Morgan fingerprint density at radius 2 is 1.90 bits per heavy atom. The summed E-state index contributed by atoms with van der Waals surface area (Å²) in [4.78, 5) is 21.9. The second kappa shape index (κ2) is 6.07. The number of hydrogen-bond donors (Lipinski definition) is 2. The van der Waals surface area contributed by atoms with Crippen molar-refractivity contribution in [2.75, 3.05) is 11.9 Å². The average Bonchev–Trinajstić information content (AvgIpc) is 2.89. The molecule has 8 heteroatoms. The van der Waals surface area contributed by atoms with Gasteiger partial charge in [-0.15, -0.1) is 0 Å². The maximum atomic E-state index is 11.5. The number of hydrogen-bond acceptors (Lipinski definition) is 4. The molecule has 0 aromatic heterocycles. The Hall–Kier alpha value is -1.53. The molecular formula is C13H14Cl2N2O4. The number of carboxylic acids is 1. The van der Waals surface area contributed by atoms with Crippen molar-refractivity contribution in [3.05, 3.63) is 32.3 Å². The quantitative estimate of drug-likeness (QED) is 0.628. The molecule has 0 spiro atoms. The maximum absolute atomic E-state index is 11.5. The first kappa shape index (κ1) is 15.9. The summed E-state index contributed by atoms with van der Waals surface area (Å²) in [7, 11) is 0. The smallest absolute Gasteiger partial charge is 0.311 e. The molecule has 1 aliphatic rings. The van der Waals surface area contributed by atoms with Crippen LogP contribution < -0.4 is 5.32 Å². The molecule has 114 valence electrons. The van der Waals surface area contributed by atoms with Crippen LogP contribution in [0.2, 0.25) is 10.0 Å². The Morgan fingerprint density at radius 3 is 2.43 bits per heavy atom. The SMILES string of the molecule is O=C(O)C1(CNc2cc(Cl)c(Cl)cc2[N+](=O)[O-])CCCC1. The van der Waals surface area contributed by atoms with Gasteiger partial charge in [-0.05, 0) is 18.9 Å². The van der Waals surface area contributed by atoms with Gasteiger partial charge in [-0.2, -0.15) is 0 Å². The molecule has 0 radical (unpaired) electrons. The number of anilines is 1. The molecule has 0 bridgehead atoms. The summed E-state index contributed by atoms with van der Waals surface area (Å²) in [6.45, 7) is 0.126. The fourth-order valence-corrected chi connectivity index (χ4v) is 2.93. The van der Waals surface area contributed by atoms with Crippen LogP contribution in [0.1, 0.15) is 25.7 Å². The minimum absolute atomic E-state index is 0.0859. The summed E-state index contributed by atoms with van der Waals surface area (Å²) in [5.74, 6) is -0.879. The van der Waals surface area contributed by atoms with Crippen molar-refractivity contribution in [3.8, 4) is 0 Å². The van der Waals surface area contributed by atoms with E-state index in [0.717, 1.165) is 18.9 Å². The second-order valence-electron chi connectivity index (χ2n) is 5.19. The van der Waals surface area contributed by atoms with Crippen molar-refractivity contribution in [1.82, 2.24) is 0 Å². The lowest BCUT2D eigenvalue weighted by Crippen LogP contribution is -2.35. The highest BCUT2D eigenvalue weighted by atomic mass is 35.5. The van der Waals surface area contributed by atoms with Gasteiger partial charge in [0.15, 0.2) is 0 Å². The number of aliphatic carboxylic acids is 1. The zero-order valence-electron chi connectivity index (χ0n) is 11.1. The van der Waals surface area contributed by atoms with E-state index < -0.39 is 16.3 Å². The van der Waals surface area contributed by atoms with Crippen LogP contribution in [-0.4, -0.2) is 22.5 Å². The third-order valence-corrected chi connectivity index (χ3v) is 4.59. The Bertz CT molecular complexity index is 586. The first-order valence-corrected chi connectivity index (χ1v) is 7.22. The van der Waals surface area contributed by atoms with Crippen molar-refractivity contribution in [3.63, 3.8) is 0 Å². The lowest BCUT2D eigenvalue weighted by Gasteiger charge is -2.24. The number of carboxylic acid groups (broad SMARTS) is 1. The molecule has 0 amide bonds. The number of nitro groups is 1. The molecule has 21 heavy (non-hydrogen) atoms. The molecule has 0 saturated heterocycles. The molecule has 0 aliphatic heterocycles. The van der Waals surface area contributed by atoms with Gasteiger partial charge in [0.05, 0.1) is 20.4 Å². The molecule has 1 aliphatic carbocycles. The topological polar surface area (TPSA) is 92.5 Å². The molecule has 1 aromatic carbocycles. The van der Waals surface area contributed by atoms with Crippen LogP contribution in [0.3, 0.4) is 0 Å². The van der Waals surface area contributed by atoms with Gasteiger partial charge in [-0.1, -0.05) is 36.0 Å². The Kier molecular flexibility index (Phi) is 4.58. The normalized spacial score (nSPS) is 16.7. The minimum atomic E-state index is -0.879. The molecule has 2 rings (SSSR count). The van der Waals surface area contributed by atoms with Gasteiger partial charge in [-0.3, -0.25) is 14.9 Å². The van der Waals surface area contributed by atoms with Crippen LogP contribution in [-0.2, 0) is 4.79 Å². The van der Waals surface area contributed by atoms with E-state index in [1.165, 1.54) is 6.07 Å². The van der Waals surface area contributed by atoms with Gasteiger partial charge in [0.25, 0.3) is 5.69 Å². The summed E-state index contributed by atoms with van der Waals surface area (Å²) >= 11 is 11.6. The zero-order chi connectivity index (χ0) is 15.6. The summed E-state index contributed by atoms with van der Waals surface area (Å²) in [6.07, 6.45) is 2.81. The number of nitro benzene ring substituents is 1. The van der Waals surface area contributed by atoms with Gasteiger partial charge >= 0.3 is 5.97 Å².